The van der Waals surface area contributed by atoms with Gasteiger partial charge in [0.15, 0.2) is 0 Å². The molecule has 4 nitrogen and oxygen atoms in total. The Morgan fingerprint density at radius 2 is 2.05 bits per heavy atom. The lowest BCUT2D eigenvalue weighted by Gasteiger charge is -2.28. The number of nitrogens with zero attached hydrogens (tertiary/aromatic N) is 2. The van der Waals surface area contributed by atoms with Crippen LogP contribution < -0.4 is 4.90 Å². The molecule has 2 rings (SSSR count). The molecule has 1 aliphatic heterocycles. The van der Waals surface area contributed by atoms with Gasteiger partial charge in [0, 0.05) is 29.8 Å². The molecule has 0 unspecified atom stereocenters. The average molecular weight is 281 g/mol. The van der Waals surface area contributed by atoms with Crippen LogP contribution in [-0.4, -0.2) is 23.9 Å². The molecule has 0 saturated heterocycles. The van der Waals surface area contributed by atoms with E-state index in [1.54, 1.807) is 6.08 Å². The van der Waals surface area contributed by atoms with Crippen molar-refractivity contribution in [1.29, 1.82) is 0 Å². The third kappa shape index (κ3) is 3.47. The molecule has 19 heavy (non-hydrogen) atoms. The van der Waals surface area contributed by atoms with E-state index in [1.807, 2.05) is 24.3 Å². The van der Waals surface area contributed by atoms with Gasteiger partial charge in [-0.05, 0) is 18.9 Å². The van der Waals surface area contributed by atoms with E-state index in [1.165, 1.54) is 0 Å². The highest BCUT2D eigenvalue weighted by atomic mass is 35.5. The van der Waals surface area contributed by atoms with Crippen LogP contribution in [0.15, 0.2) is 30.0 Å². The summed E-state index contributed by atoms with van der Waals surface area (Å²) in [5.74, 6) is 0.677. The first-order valence-electron chi connectivity index (χ1n) is 6.47. The van der Waals surface area contributed by atoms with Crippen LogP contribution >= 0.6 is 11.6 Å². The van der Waals surface area contributed by atoms with E-state index in [0.717, 1.165) is 37.1 Å². The lowest BCUT2D eigenvalue weighted by Crippen LogP contribution is -2.31. The second-order valence-corrected chi connectivity index (χ2v) is 5.00. The summed E-state index contributed by atoms with van der Waals surface area (Å²) in [4.78, 5) is 12.8. The minimum Gasteiger partial charge on any atom is -0.360 e. The molecule has 5 heteroatoms. The van der Waals surface area contributed by atoms with Crippen LogP contribution in [0.4, 0.5) is 5.69 Å². The van der Waals surface area contributed by atoms with Crippen molar-refractivity contribution in [1.82, 2.24) is 0 Å². The molecule has 0 N–H and O–H groups in total. The second kappa shape index (κ2) is 6.57. The summed E-state index contributed by atoms with van der Waals surface area (Å²) in [5.41, 5.74) is 2.27. The highest BCUT2D eigenvalue weighted by molar-refractivity contribution is 6.17. The third-order valence-corrected chi connectivity index (χ3v) is 3.52. The van der Waals surface area contributed by atoms with Gasteiger partial charge in [0.1, 0.15) is 6.54 Å². The molecule has 0 atom stereocenters. The van der Waals surface area contributed by atoms with Gasteiger partial charge in [-0.3, -0.25) is 10.1 Å². The molecule has 0 spiro atoms. The van der Waals surface area contributed by atoms with Crippen LogP contribution in [0.5, 0.6) is 0 Å². The molecule has 102 valence electrons. The van der Waals surface area contributed by atoms with Gasteiger partial charge < -0.3 is 4.90 Å². The molecule has 0 radical (unpaired) electrons. The fourth-order valence-electron chi connectivity index (χ4n) is 2.29. The molecule has 1 aliphatic rings. The number of unbranched alkanes of at least 4 members (excludes halogenated alkanes) is 2. The van der Waals surface area contributed by atoms with E-state index in [-0.39, 0.29) is 10.6 Å². The molecule has 0 bridgehead atoms. The Morgan fingerprint density at radius 1 is 1.26 bits per heavy atom. The molecular weight excluding hydrogens is 264 g/mol. The van der Waals surface area contributed by atoms with Gasteiger partial charge in [-0.2, -0.15) is 0 Å². The zero-order valence-corrected chi connectivity index (χ0v) is 11.5. The second-order valence-electron chi connectivity index (χ2n) is 4.62. The van der Waals surface area contributed by atoms with Crippen LogP contribution in [0.1, 0.15) is 24.8 Å². The third-order valence-electron chi connectivity index (χ3n) is 3.25. The van der Waals surface area contributed by atoms with Crippen LogP contribution in [0, 0.1) is 10.1 Å². The van der Waals surface area contributed by atoms with E-state index >= 15 is 0 Å². The lowest BCUT2D eigenvalue weighted by atomic mass is 10.1. The quantitative estimate of drug-likeness (QED) is 0.347. The average Bonchev–Trinajstić information content (AvgIpc) is 2.43. The highest BCUT2D eigenvalue weighted by Crippen LogP contribution is 2.28. The molecule has 0 aliphatic carbocycles. The summed E-state index contributed by atoms with van der Waals surface area (Å²) < 4.78 is 0. The van der Waals surface area contributed by atoms with Crippen molar-refractivity contribution in [3.63, 3.8) is 0 Å². The number of nitro groups is 1. The Balaban J connectivity index is 2.12. The van der Waals surface area contributed by atoms with E-state index in [2.05, 4.69) is 4.90 Å². The van der Waals surface area contributed by atoms with Crippen LogP contribution in [0.25, 0.3) is 6.08 Å². The van der Waals surface area contributed by atoms with E-state index in [9.17, 15) is 10.1 Å². The standard InChI is InChI=1S/C14H17ClN2O2/c15-8-4-1-5-9-16-11-13(17(18)19)10-12-6-2-3-7-14(12)16/h2-3,6-7,10H,1,4-5,8-9,11H2. The maximum atomic E-state index is 11.0. The van der Waals surface area contributed by atoms with Crippen molar-refractivity contribution < 1.29 is 4.92 Å². The molecule has 0 fully saturated rings. The summed E-state index contributed by atoms with van der Waals surface area (Å²) in [6.07, 6.45) is 4.73. The Hall–Kier alpha value is -1.55. The van der Waals surface area contributed by atoms with Crippen LogP contribution in [0.3, 0.4) is 0 Å². The fraction of sp³-hybridized carbons (Fsp3) is 0.429. The number of fused-ring (bicyclic) bond motifs is 1. The first-order valence-corrected chi connectivity index (χ1v) is 7.00. The number of rotatable bonds is 6. The Kier molecular flexibility index (Phi) is 4.80. The van der Waals surface area contributed by atoms with Gasteiger partial charge in [0.2, 0.25) is 0 Å². The van der Waals surface area contributed by atoms with E-state index in [4.69, 9.17) is 11.6 Å². The summed E-state index contributed by atoms with van der Waals surface area (Å²) in [7, 11) is 0. The smallest absolute Gasteiger partial charge is 0.266 e. The zero-order valence-electron chi connectivity index (χ0n) is 10.7. The number of para-hydroxylation sites is 1. The Morgan fingerprint density at radius 3 is 2.79 bits per heavy atom. The topological polar surface area (TPSA) is 46.4 Å². The van der Waals surface area contributed by atoms with E-state index < -0.39 is 0 Å². The van der Waals surface area contributed by atoms with Gasteiger partial charge >= 0.3 is 0 Å². The normalized spacial score (nSPS) is 13.9. The monoisotopic (exact) mass is 280 g/mol. The first kappa shape index (κ1) is 13.9. The predicted octanol–water partition coefficient (Wildman–Crippen LogP) is 3.53. The number of halogens is 1. The molecule has 1 heterocycles. The van der Waals surface area contributed by atoms with Crippen molar-refractivity contribution >= 4 is 23.4 Å². The molecule has 0 aromatic heterocycles. The summed E-state index contributed by atoms with van der Waals surface area (Å²) in [5, 5.41) is 11.0. The highest BCUT2D eigenvalue weighted by Gasteiger charge is 2.23. The predicted molar refractivity (Wildman–Crippen MR) is 78.2 cm³/mol. The lowest BCUT2D eigenvalue weighted by molar-refractivity contribution is -0.423. The number of hydrogen-bond donors (Lipinski definition) is 0. The van der Waals surface area contributed by atoms with Crippen molar-refractivity contribution in [3.8, 4) is 0 Å². The van der Waals surface area contributed by atoms with Crippen LogP contribution in [-0.2, 0) is 0 Å². The zero-order chi connectivity index (χ0) is 13.7. The van der Waals surface area contributed by atoms with E-state index in [0.29, 0.717) is 12.4 Å². The summed E-state index contributed by atoms with van der Waals surface area (Å²) in [6, 6.07) is 7.81. The van der Waals surface area contributed by atoms with Crippen molar-refractivity contribution in [2.24, 2.45) is 0 Å². The number of benzene rings is 1. The van der Waals surface area contributed by atoms with Gasteiger partial charge in [-0.15, -0.1) is 11.6 Å². The molecular formula is C14H17ClN2O2. The SMILES string of the molecule is O=[N+]([O-])C1=Cc2ccccc2N(CCCCCCl)C1. The maximum absolute atomic E-state index is 11.0. The number of anilines is 1. The van der Waals surface area contributed by atoms with Gasteiger partial charge in [-0.1, -0.05) is 24.6 Å². The number of alkyl halides is 1. The molecule has 1 aromatic carbocycles. The summed E-state index contributed by atoms with van der Waals surface area (Å²) >= 11 is 5.66. The summed E-state index contributed by atoms with van der Waals surface area (Å²) in [6.45, 7) is 1.21. The van der Waals surface area contributed by atoms with Crippen molar-refractivity contribution in [2.75, 3.05) is 23.9 Å². The number of hydrogen-bond acceptors (Lipinski definition) is 3. The fourth-order valence-corrected chi connectivity index (χ4v) is 2.48. The Bertz CT molecular complexity index is 488. The van der Waals surface area contributed by atoms with Crippen molar-refractivity contribution in [2.45, 2.75) is 19.3 Å². The Labute approximate surface area is 117 Å². The molecule has 1 aromatic rings. The minimum absolute atomic E-state index is 0.260. The molecule has 0 amide bonds. The first-order chi connectivity index (χ1) is 9.22. The van der Waals surface area contributed by atoms with Crippen molar-refractivity contribution in [3.05, 3.63) is 45.6 Å². The largest absolute Gasteiger partial charge is 0.360 e. The molecule has 0 saturated carbocycles. The van der Waals surface area contributed by atoms with Gasteiger partial charge in [0.05, 0.1) is 4.92 Å². The van der Waals surface area contributed by atoms with Gasteiger partial charge in [0.25, 0.3) is 5.70 Å². The maximum Gasteiger partial charge on any atom is 0.266 e. The van der Waals surface area contributed by atoms with Crippen LogP contribution in [0.2, 0.25) is 0 Å². The minimum atomic E-state index is -0.290. The van der Waals surface area contributed by atoms with Gasteiger partial charge in [-0.25, -0.2) is 0 Å².